The van der Waals surface area contributed by atoms with Crippen LogP contribution < -0.4 is 47.8 Å². The van der Waals surface area contributed by atoms with Gasteiger partial charge in [-0.05, 0) is 163 Å². The van der Waals surface area contributed by atoms with Crippen LogP contribution in [0, 0.1) is 17.8 Å². The number of aliphatic hydroxyl groups excluding tert-OH is 1. The monoisotopic (exact) mass is 2040 g/mol. The van der Waals surface area contributed by atoms with Crippen molar-refractivity contribution in [3.05, 3.63) is 422 Å². The van der Waals surface area contributed by atoms with Crippen molar-refractivity contribution in [2.75, 3.05) is 19.8 Å². The van der Waals surface area contributed by atoms with E-state index in [9.17, 15) is 57.8 Å². The number of carbonyl (C=O) groups is 11. The van der Waals surface area contributed by atoms with Gasteiger partial charge in [0.1, 0.15) is 36.4 Å². The summed E-state index contributed by atoms with van der Waals surface area (Å²) < 4.78 is 29.8. The number of ether oxygens (including phenoxy) is 3. The minimum atomic E-state index is -3.19. The van der Waals surface area contributed by atoms with Gasteiger partial charge >= 0.3 is 17.9 Å². The number of hydrogen-bond donors (Lipinski definition) is 4. The van der Waals surface area contributed by atoms with Gasteiger partial charge in [0.25, 0.3) is 17.7 Å². The number of likely N-dealkylation sites (tertiary alicyclic amines) is 2. The minimum absolute atomic E-state index is 0.0659. The molecule has 30 heteroatoms. The number of aromatic nitrogens is 3. The van der Waals surface area contributed by atoms with Crippen molar-refractivity contribution in [2.24, 2.45) is 17.8 Å². The molecule has 4 aliphatic heterocycles. The van der Waals surface area contributed by atoms with Crippen LogP contribution in [0.2, 0.25) is 39.3 Å². The van der Waals surface area contributed by atoms with Crippen LogP contribution in [0.1, 0.15) is 114 Å². The molecule has 4 N–H and O–H groups in total. The number of pyridine rings is 3. The van der Waals surface area contributed by atoms with E-state index in [1.807, 2.05) is 220 Å². The molecule has 3 fully saturated rings. The Morgan fingerprint density at radius 2 is 0.701 bits per heavy atom. The molecule has 7 heterocycles. The molecular weight excluding hydrogens is 1920 g/mol. The van der Waals surface area contributed by atoms with Crippen LogP contribution in [0.15, 0.2) is 372 Å². The quantitative estimate of drug-likeness (QED) is 0.00527. The number of benzene rings is 9. The molecule has 26 nitrogen and oxygen atoms in total. The van der Waals surface area contributed by atoms with Gasteiger partial charge in [0.2, 0.25) is 17.7 Å². The predicted octanol–water partition coefficient (Wildman–Crippen LogP) is 15.1. The summed E-state index contributed by atoms with van der Waals surface area (Å²) in [7, 11) is -3.99. The Kier molecular flexibility index (Phi) is 36.0. The molecule has 9 aromatic carbocycles. The first-order valence-electron chi connectivity index (χ1n) is 48.7. The molecule has 0 aliphatic carbocycles. The fraction of sp³-hybridized carbons (Fsp3) is 0.231. The van der Waals surface area contributed by atoms with Crippen molar-refractivity contribution >= 4 is 144 Å². The summed E-state index contributed by atoms with van der Waals surface area (Å²) >= 11 is 0. The SMILES string of the molecule is C=CCOC(=O)C(N1C(=O)[C@H]([C@@H](C)O)[C@H]1CC(=O)c1ccc(CNC(=O)c2cccnc2)cc1)=P(c1ccccc1)(c1ccccc1)c1ccccc1.C=CCOC(=O)C(N1C(=O)[C@H]([C@@H](C)O[Si](C)(C)C)[C@H]1CC(=O)c1ccc(CNC(=O)c2cccnc2)cc1)=P(c1ccccc1)(c1ccccc1)c1ccccc1.C=CCOC(=O)C1=C(c2ccc(CNC(=O)c3cccnc3)cc2)C[C@@H]2[C@@H]([C@@H](C)O[Si](C)(C)C)C(=O)N12. The zero-order chi connectivity index (χ0) is 105. The van der Waals surface area contributed by atoms with Crippen LogP contribution in [0.4, 0.5) is 0 Å². The van der Waals surface area contributed by atoms with Crippen LogP contribution in [0.3, 0.4) is 0 Å². The number of esters is 3. The summed E-state index contributed by atoms with van der Waals surface area (Å²) in [5, 5.41) is 24.5. The van der Waals surface area contributed by atoms with Gasteiger partial charge < -0.3 is 58.8 Å². The normalized spacial score (nSPS) is 16.8. The van der Waals surface area contributed by atoms with Crippen molar-refractivity contribution in [1.82, 2.24) is 45.6 Å². The number of carbonyl (C=O) groups excluding carboxylic acids is 11. The van der Waals surface area contributed by atoms with E-state index in [2.05, 4.69) is 89.9 Å². The zero-order valence-corrected chi connectivity index (χ0v) is 87.4. The van der Waals surface area contributed by atoms with Crippen LogP contribution in [-0.4, -0.2) is 183 Å². The van der Waals surface area contributed by atoms with Gasteiger partial charge in [-0.3, -0.25) is 53.3 Å². The van der Waals surface area contributed by atoms with Crippen LogP contribution >= 0.6 is 13.8 Å². The molecule has 0 radical (unpaired) electrons. The number of nitrogens with one attached hydrogen (secondary N) is 3. The van der Waals surface area contributed by atoms with Crippen molar-refractivity contribution in [1.29, 1.82) is 0 Å². The standard InChI is InChI=1S/C46H48N3O6PSi.C43H40N3O6P.C28H33N3O5Si/c1-6-29-54-46(53)45(56(37-18-10-7-11-19-37,38-20-12-8-13-21-38)39-22-14-9-15-23-39)49-40(42(44(49)52)33(2)55-57(3,4)5)30-41(50)35-26-24-34(25-27-35)31-48-43(51)36-17-16-28-47-32-36;1-3-26-52-43(51)42(53(34-15-7-4-8-16-34,35-17-9-5-10-18-35)36-19-11-6-12-20-36)46-37(39(30(2)47)41(46)50)27-38(48)32-23-21-31(22-24-32)28-45-40(49)33-14-13-25-44-29-33;1-6-14-35-28(34)25-22(15-23-24(27(33)31(23)25)18(2)36-37(3,4)5)20-11-9-19(10-12-20)16-30-26(32)21-8-7-13-29-17-21/h6-28,32-33,40,42H,1,29-31H2,2-5H3,(H,48,51);3-25,29-30,37,39,47H,1,26-28H2,2H3,(H,45,49);6-13,17-18,23-24H,1,14-16H2,2-5H3,(H,30,32)/t33-,40-,42-;30-,37-,39-;18-,23-,24-/m111/s1. The second kappa shape index (κ2) is 49.2. The Hall–Kier alpha value is -15.1. The molecule has 9 atom stereocenters. The summed E-state index contributed by atoms with van der Waals surface area (Å²) in [6.07, 6.45) is 12.3. The molecule has 6 amide bonds. The first kappa shape index (κ1) is 108. The largest absolute Gasteiger partial charge is 0.457 e. The molecule has 754 valence electrons. The maximum atomic E-state index is 14.9. The maximum absolute atomic E-state index is 14.9. The Bertz CT molecular complexity index is 6710. The number of nitrogens with zero attached hydrogens (tertiary/aromatic N) is 6. The van der Waals surface area contributed by atoms with E-state index >= 15 is 0 Å². The number of ketones is 2. The van der Waals surface area contributed by atoms with E-state index in [0.717, 1.165) is 59.7 Å². The number of amides is 6. The van der Waals surface area contributed by atoms with Crippen molar-refractivity contribution in [3.8, 4) is 0 Å². The van der Waals surface area contributed by atoms with Crippen LogP contribution in [0.5, 0.6) is 0 Å². The van der Waals surface area contributed by atoms with Gasteiger partial charge in [-0.1, -0.05) is 293 Å². The lowest BCUT2D eigenvalue weighted by atomic mass is 9.79. The fourth-order valence-corrected chi connectivity index (χ4v) is 30.5. The summed E-state index contributed by atoms with van der Waals surface area (Å²) in [5.41, 5.74) is 6.96. The Morgan fingerprint density at radius 1 is 0.395 bits per heavy atom. The van der Waals surface area contributed by atoms with E-state index in [0.29, 0.717) is 46.5 Å². The third-order valence-electron chi connectivity index (χ3n) is 25.6. The average Bonchev–Trinajstić information content (AvgIpc) is 1.42. The third-order valence-corrected chi connectivity index (χ3v) is 36.3. The Labute approximate surface area is 859 Å². The first-order valence-corrected chi connectivity index (χ1v) is 59.1. The smallest absolute Gasteiger partial charge is 0.356 e. The highest BCUT2D eigenvalue weighted by atomic mass is 31.2. The number of β-lactam (4-membered cyclic amide) rings is 3. The topological polar surface area (TPSA) is 339 Å². The van der Waals surface area contributed by atoms with E-state index in [1.165, 1.54) is 48.6 Å². The second-order valence-corrected chi connectivity index (χ2v) is 53.4. The highest BCUT2D eigenvalue weighted by Gasteiger charge is 2.60. The van der Waals surface area contributed by atoms with Gasteiger partial charge in [0.05, 0.1) is 70.9 Å². The van der Waals surface area contributed by atoms with E-state index in [4.69, 9.17) is 23.1 Å². The van der Waals surface area contributed by atoms with Gasteiger partial charge in [-0.2, -0.15) is 0 Å². The molecule has 0 spiro atoms. The lowest BCUT2D eigenvalue weighted by molar-refractivity contribution is -0.161. The Balaban J connectivity index is 0.000000178. The van der Waals surface area contributed by atoms with E-state index < -0.39 is 90.3 Å². The molecule has 147 heavy (non-hydrogen) atoms. The molecule has 12 aromatic rings. The van der Waals surface area contributed by atoms with Crippen molar-refractivity contribution in [2.45, 2.75) is 135 Å². The molecule has 0 bridgehead atoms. The van der Waals surface area contributed by atoms with Crippen molar-refractivity contribution < 1.29 is 80.9 Å². The van der Waals surface area contributed by atoms with Gasteiger partial charge in [0, 0.05) is 94.6 Å². The first-order chi connectivity index (χ1) is 70.8. The maximum Gasteiger partial charge on any atom is 0.356 e. The van der Waals surface area contributed by atoms with Gasteiger partial charge in [0.15, 0.2) is 28.2 Å². The average molecular weight is 2040 g/mol. The zero-order valence-electron chi connectivity index (χ0n) is 83.6. The Morgan fingerprint density at radius 3 is 1.01 bits per heavy atom. The summed E-state index contributed by atoms with van der Waals surface area (Å²) in [6.45, 7) is 23.3. The molecule has 3 aromatic heterocycles. The van der Waals surface area contributed by atoms with Gasteiger partial charge in [-0.25, -0.2) is 14.4 Å². The molecular formula is C117H121N9O17P2Si2. The molecule has 16 rings (SSSR count). The number of hydrogen-bond acceptors (Lipinski definition) is 20. The van der Waals surface area contributed by atoms with E-state index in [-0.39, 0.29) is 116 Å². The van der Waals surface area contributed by atoms with Gasteiger partial charge in [-0.15, -0.1) is 0 Å². The summed E-state index contributed by atoms with van der Waals surface area (Å²) in [4.78, 5) is 167. The number of rotatable bonds is 40. The lowest BCUT2D eigenvalue weighted by Gasteiger charge is -2.52. The second-order valence-electron chi connectivity index (χ2n) is 37.8. The molecule has 0 saturated carbocycles. The van der Waals surface area contributed by atoms with Crippen molar-refractivity contribution in [3.63, 3.8) is 0 Å². The number of Topliss-reactive ketones (excluding diaryl/α,β-unsaturated/α-hetero) is 2. The lowest BCUT2D eigenvalue weighted by Crippen LogP contribution is -2.69. The number of aliphatic hydroxyl groups is 1. The highest BCUT2D eigenvalue weighted by Crippen LogP contribution is 2.54. The van der Waals surface area contributed by atoms with Crippen LogP contribution in [0.25, 0.3) is 5.57 Å². The fourth-order valence-electron chi connectivity index (χ4n) is 19.2. The highest BCUT2D eigenvalue weighted by molar-refractivity contribution is 7.97. The predicted molar refractivity (Wildman–Crippen MR) is 581 cm³/mol. The summed E-state index contributed by atoms with van der Waals surface area (Å²) in [5.74, 6) is -5.88. The van der Waals surface area contributed by atoms with Crippen LogP contribution in [-0.2, 0) is 71.5 Å². The van der Waals surface area contributed by atoms with E-state index in [1.54, 1.807) is 113 Å². The molecule has 0 unspecified atom stereocenters. The number of fused-ring (bicyclic) bond motifs is 1. The minimum Gasteiger partial charge on any atom is -0.457 e. The summed E-state index contributed by atoms with van der Waals surface area (Å²) in [6, 6.07) is 88.1. The third kappa shape index (κ3) is 24.8. The molecule has 3 saturated heterocycles. The molecule has 4 aliphatic rings.